The van der Waals surface area contributed by atoms with Gasteiger partial charge in [-0.15, -0.1) is 0 Å². The molecule has 120 valence electrons. The van der Waals surface area contributed by atoms with Crippen LogP contribution in [0.5, 0.6) is 0 Å². The monoisotopic (exact) mass is 292 g/mol. The van der Waals surface area contributed by atoms with Crippen LogP contribution in [0.4, 0.5) is 0 Å². The van der Waals surface area contributed by atoms with Gasteiger partial charge in [-0.3, -0.25) is 4.79 Å². The van der Waals surface area contributed by atoms with Crippen LogP contribution in [0.15, 0.2) is 0 Å². The highest BCUT2D eigenvalue weighted by Crippen LogP contribution is 2.41. The van der Waals surface area contributed by atoms with Gasteiger partial charge in [0.05, 0.1) is 6.07 Å². The number of nitrogens with zero attached hydrogens (tertiary/aromatic N) is 2. The summed E-state index contributed by atoms with van der Waals surface area (Å²) in [6.07, 6.45) is 3.78. The predicted octanol–water partition coefficient (Wildman–Crippen LogP) is 4.24. The van der Waals surface area contributed by atoms with E-state index in [2.05, 4.69) is 45.6 Å². The summed E-state index contributed by atoms with van der Waals surface area (Å²) in [5.74, 6) is 1.28. The van der Waals surface area contributed by atoms with Gasteiger partial charge in [-0.2, -0.15) is 5.26 Å². The summed E-state index contributed by atoms with van der Waals surface area (Å²) in [5.41, 5.74) is -0.0145. The largest absolute Gasteiger partial charge is 0.339 e. The van der Waals surface area contributed by atoms with Crippen LogP contribution in [0.2, 0.25) is 0 Å². The van der Waals surface area contributed by atoms with Crippen LogP contribution >= 0.6 is 0 Å². The lowest BCUT2D eigenvalue weighted by molar-refractivity contribution is -0.131. The van der Waals surface area contributed by atoms with Crippen LogP contribution in [0.1, 0.15) is 67.2 Å². The van der Waals surface area contributed by atoms with Gasteiger partial charge in [0.1, 0.15) is 0 Å². The number of carbonyl (C=O) groups is 1. The normalized spacial score (nSPS) is 20.5. The molecule has 3 atom stereocenters. The quantitative estimate of drug-likeness (QED) is 0.704. The molecule has 3 heteroatoms. The minimum absolute atomic E-state index is 0.0145. The topological polar surface area (TPSA) is 44.1 Å². The van der Waals surface area contributed by atoms with E-state index in [-0.39, 0.29) is 11.3 Å². The third-order valence-electron chi connectivity index (χ3n) is 5.66. The summed E-state index contributed by atoms with van der Waals surface area (Å²) < 4.78 is 0. The molecule has 0 aromatic heterocycles. The van der Waals surface area contributed by atoms with Gasteiger partial charge < -0.3 is 4.90 Å². The van der Waals surface area contributed by atoms with E-state index in [0.29, 0.717) is 30.2 Å². The molecule has 0 N–H and O–H groups in total. The summed E-state index contributed by atoms with van der Waals surface area (Å²) >= 11 is 0. The van der Waals surface area contributed by atoms with E-state index in [1.807, 2.05) is 6.92 Å². The van der Waals surface area contributed by atoms with E-state index in [1.165, 1.54) is 0 Å². The maximum Gasteiger partial charge on any atom is 0.222 e. The minimum atomic E-state index is -0.0145. The Balaban J connectivity index is 2.90. The fourth-order valence-electron chi connectivity index (χ4n) is 3.59. The Kier molecular flexibility index (Phi) is 6.25. The van der Waals surface area contributed by atoms with Crippen molar-refractivity contribution in [3.8, 4) is 6.07 Å². The lowest BCUT2D eigenvalue weighted by Crippen LogP contribution is -2.43. The number of carbonyl (C=O) groups excluding carboxylic acids is 1. The Hall–Kier alpha value is -1.04. The molecule has 1 heterocycles. The highest BCUT2D eigenvalue weighted by atomic mass is 16.2. The first-order valence-electron chi connectivity index (χ1n) is 8.44. The summed E-state index contributed by atoms with van der Waals surface area (Å²) in [5, 5.41) is 9.30. The van der Waals surface area contributed by atoms with Crippen molar-refractivity contribution in [2.75, 3.05) is 6.54 Å². The molecular weight excluding hydrogens is 260 g/mol. The highest BCUT2D eigenvalue weighted by molar-refractivity contribution is 5.78. The SMILES string of the molecule is CCC(CC(C(C)C)N1CCCC1=O)C(C)(C)C(C)C#N. The number of amides is 1. The number of likely N-dealkylation sites (tertiary alicyclic amines) is 1. The molecule has 21 heavy (non-hydrogen) atoms. The molecule has 3 nitrogen and oxygen atoms in total. The van der Waals surface area contributed by atoms with Gasteiger partial charge in [-0.25, -0.2) is 0 Å². The van der Waals surface area contributed by atoms with Crippen molar-refractivity contribution in [2.24, 2.45) is 23.2 Å². The molecule has 1 saturated heterocycles. The molecule has 0 spiro atoms. The van der Waals surface area contributed by atoms with Gasteiger partial charge in [-0.05, 0) is 37.0 Å². The van der Waals surface area contributed by atoms with E-state index in [4.69, 9.17) is 0 Å². The standard InChI is InChI=1S/C18H32N2O/c1-7-15(18(5,6)14(4)12-19)11-16(13(2)3)20-10-8-9-17(20)21/h13-16H,7-11H2,1-6H3. The molecule has 1 rings (SSSR count). The Labute approximate surface area is 130 Å². The van der Waals surface area contributed by atoms with Crippen molar-refractivity contribution in [1.82, 2.24) is 4.90 Å². The summed E-state index contributed by atoms with van der Waals surface area (Å²) in [4.78, 5) is 14.2. The number of nitriles is 1. The third kappa shape index (κ3) is 3.99. The second-order valence-electron chi connectivity index (χ2n) is 7.52. The summed E-state index contributed by atoms with van der Waals surface area (Å²) in [6, 6.07) is 2.74. The van der Waals surface area contributed by atoms with Crippen molar-refractivity contribution in [1.29, 1.82) is 5.26 Å². The fraction of sp³-hybridized carbons (Fsp3) is 0.889. The third-order valence-corrected chi connectivity index (χ3v) is 5.66. The number of rotatable bonds is 7. The van der Waals surface area contributed by atoms with Crippen molar-refractivity contribution >= 4 is 5.91 Å². The van der Waals surface area contributed by atoms with Gasteiger partial charge in [0.2, 0.25) is 5.91 Å². The first-order chi connectivity index (χ1) is 9.75. The molecule has 1 aliphatic rings. The maximum absolute atomic E-state index is 12.1. The van der Waals surface area contributed by atoms with Gasteiger partial charge in [0.25, 0.3) is 0 Å². The molecule has 0 radical (unpaired) electrons. The Morgan fingerprint density at radius 1 is 1.33 bits per heavy atom. The second-order valence-corrected chi connectivity index (χ2v) is 7.52. The minimum Gasteiger partial charge on any atom is -0.339 e. The number of hydrogen-bond donors (Lipinski definition) is 0. The van der Waals surface area contributed by atoms with Crippen LogP contribution in [-0.4, -0.2) is 23.4 Å². The molecule has 0 aromatic carbocycles. The average molecular weight is 292 g/mol. The van der Waals surface area contributed by atoms with E-state index in [0.717, 1.165) is 25.8 Å². The second kappa shape index (κ2) is 7.29. The molecule has 3 unspecified atom stereocenters. The summed E-state index contributed by atoms with van der Waals surface area (Å²) in [6.45, 7) is 14.0. The fourth-order valence-corrected chi connectivity index (χ4v) is 3.59. The number of hydrogen-bond acceptors (Lipinski definition) is 2. The van der Waals surface area contributed by atoms with Crippen LogP contribution in [0, 0.1) is 34.5 Å². The first kappa shape index (κ1) is 18.0. The highest BCUT2D eigenvalue weighted by Gasteiger charge is 2.38. The van der Waals surface area contributed by atoms with Crippen molar-refractivity contribution in [3.63, 3.8) is 0 Å². The molecule has 0 saturated carbocycles. The molecule has 1 aliphatic heterocycles. The average Bonchev–Trinajstić information content (AvgIpc) is 2.84. The zero-order valence-electron chi connectivity index (χ0n) is 14.6. The Morgan fingerprint density at radius 3 is 2.33 bits per heavy atom. The van der Waals surface area contributed by atoms with Crippen LogP contribution < -0.4 is 0 Å². The summed E-state index contributed by atoms with van der Waals surface area (Å²) in [7, 11) is 0. The molecule has 0 aromatic rings. The molecule has 0 aliphatic carbocycles. The molecule has 1 fully saturated rings. The van der Waals surface area contributed by atoms with Crippen molar-refractivity contribution < 1.29 is 4.79 Å². The van der Waals surface area contributed by atoms with Gasteiger partial charge in [-0.1, -0.05) is 41.0 Å². The smallest absolute Gasteiger partial charge is 0.222 e. The maximum atomic E-state index is 12.1. The van der Waals surface area contributed by atoms with Crippen molar-refractivity contribution in [3.05, 3.63) is 0 Å². The first-order valence-corrected chi connectivity index (χ1v) is 8.44. The lowest BCUT2D eigenvalue weighted by Gasteiger charge is -2.41. The Bertz CT molecular complexity index is 395. The van der Waals surface area contributed by atoms with Gasteiger partial charge in [0.15, 0.2) is 0 Å². The lowest BCUT2D eigenvalue weighted by atomic mass is 9.66. The van der Waals surface area contributed by atoms with Crippen LogP contribution in [0.3, 0.4) is 0 Å². The van der Waals surface area contributed by atoms with Crippen LogP contribution in [0.25, 0.3) is 0 Å². The van der Waals surface area contributed by atoms with E-state index < -0.39 is 0 Å². The zero-order chi connectivity index (χ0) is 16.2. The van der Waals surface area contributed by atoms with E-state index in [9.17, 15) is 10.1 Å². The van der Waals surface area contributed by atoms with Gasteiger partial charge >= 0.3 is 0 Å². The van der Waals surface area contributed by atoms with Crippen LogP contribution in [-0.2, 0) is 4.79 Å². The predicted molar refractivity (Wildman–Crippen MR) is 86.5 cm³/mol. The van der Waals surface area contributed by atoms with E-state index in [1.54, 1.807) is 0 Å². The molecular formula is C18H32N2O. The Morgan fingerprint density at radius 2 is 1.95 bits per heavy atom. The van der Waals surface area contributed by atoms with Gasteiger partial charge in [0, 0.05) is 24.9 Å². The molecule has 1 amide bonds. The molecule has 0 bridgehead atoms. The van der Waals surface area contributed by atoms with Crippen molar-refractivity contribution in [2.45, 2.75) is 73.3 Å². The zero-order valence-corrected chi connectivity index (χ0v) is 14.6. The van der Waals surface area contributed by atoms with E-state index >= 15 is 0 Å².